The van der Waals surface area contributed by atoms with Gasteiger partial charge in [0, 0.05) is 13.5 Å². The van der Waals surface area contributed by atoms with E-state index in [1.54, 1.807) is 6.33 Å². The summed E-state index contributed by atoms with van der Waals surface area (Å²) in [6.07, 6.45) is 5.65. The van der Waals surface area contributed by atoms with Crippen LogP contribution in [0.4, 0.5) is 0 Å². The number of rotatable bonds is 2. The second-order valence-corrected chi connectivity index (χ2v) is 3.01. The highest BCUT2D eigenvalue weighted by molar-refractivity contribution is 4.91. The van der Waals surface area contributed by atoms with Crippen LogP contribution in [0.5, 0.6) is 0 Å². The fourth-order valence-corrected chi connectivity index (χ4v) is 1.07. The Kier molecular flexibility index (Phi) is 1.22. The van der Waals surface area contributed by atoms with Crippen molar-refractivity contribution in [2.75, 3.05) is 0 Å². The van der Waals surface area contributed by atoms with E-state index >= 15 is 0 Å². The highest BCUT2D eigenvalue weighted by atomic mass is 15.2. The van der Waals surface area contributed by atoms with Crippen molar-refractivity contribution in [1.29, 1.82) is 0 Å². The first-order chi connectivity index (χ1) is 4.86. The normalized spacial score (nSPS) is 17.7. The van der Waals surface area contributed by atoms with E-state index in [1.807, 2.05) is 11.6 Å². The van der Waals surface area contributed by atoms with Gasteiger partial charge in [-0.25, -0.2) is 0 Å². The van der Waals surface area contributed by atoms with Crippen molar-refractivity contribution in [1.82, 2.24) is 14.8 Å². The van der Waals surface area contributed by atoms with Crippen molar-refractivity contribution in [3.8, 4) is 0 Å². The summed E-state index contributed by atoms with van der Waals surface area (Å²) in [5, 5.41) is 7.82. The summed E-state index contributed by atoms with van der Waals surface area (Å²) < 4.78 is 2.00. The van der Waals surface area contributed by atoms with Gasteiger partial charge in [0.25, 0.3) is 0 Å². The minimum atomic E-state index is 0.905. The second kappa shape index (κ2) is 2.08. The summed E-state index contributed by atoms with van der Waals surface area (Å²) >= 11 is 0. The number of aryl methyl sites for hydroxylation is 1. The first-order valence-electron chi connectivity index (χ1n) is 3.69. The summed E-state index contributed by atoms with van der Waals surface area (Å²) in [6, 6.07) is 0. The maximum Gasteiger partial charge on any atom is 0.132 e. The van der Waals surface area contributed by atoms with E-state index < -0.39 is 0 Å². The monoisotopic (exact) mass is 137 g/mol. The quantitative estimate of drug-likeness (QED) is 0.602. The predicted molar refractivity (Wildman–Crippen MR) is 37.4 cm³/mol. The molecule has 1 aliphatic rings. The smallest absolute Gasteiger partial charge is 0.132 e. The maximum absolute atomic E-state index is 4.01. The maximum atomic E-state index is 4.01. The highest BCUT2D eigenvalue weighted by Gasteiger charge is 2.23. The Hall–Kier alpha value is -0.860. The third-order valence-corrected chi connectivity index (χ3v) is 1.97. The lowest BCUT2D eigenvalue weighted by atomic mass is 10.3. The van der Waals surface area contributed by atoms with Gasteiger partial charge in [-0.05, 0) is 18.8 Å². The number of nitrogens with zero attached hydrogens (tertiary/aromatic N) is 3. The van der Waals surface area contributed by atoms with E-state index in [1.165, 1.54) is 12.8 Å². The van der Waals surface area contributed by atoms with Gasteiger partial charge in [-0.15, -0.1) is 10.2 Å². The Morgan fingerprint density at radius 3 is 3.00 bits per heavy atom. The molecule has 0 aromatic carbocycles. The van der Waals surface area contributed by atoms with E-state index in [-0.39, 0.29) is 0 Å². The molecule has 1 aliphatic carbocycles. The fraction of sp³-hybridized carbons (Fsp3) is 0.714. The van der Waals surface area contributed by atoms with Gasteiger partial charge >= 0.3 is 0 Å². The van der Waals surface area contributed by atoms with Crippen molar-refractivity contribution in [2.45, 2.75) is 19.3 Å². The third kappa shape index (κ3) is 1.03. The summed E-state index contributed by atoms with van der Waals surface area (Å²) in [6.45, 7) is 0. The molecule has 10 heavy (non-hydrogen) atoms. The molecule has 0 atom stereocenters. The van der Waals surface area contributed by atoms with Crippen LogP contribution in [0.1, 0.15) is 18.7 Å². The Labute approximate surface area is 60.1 Å². The molecule has 0 amide bonds. The molecule has 0 saturated heterocycles. The molecule has 3 nitrogen and oxygen atoms in total. The average molecular weight is 137 g/mol. The lowest BCUT2D eigenvalue weighted by molar-refractivity contribution is 0.715. The van der Waals surface area contributed by atoms with E-state index in [2.05, 4.69) is 10.2 Å². The zero-order chi connectivity index (χ0) is 6.97. The van der Waals surface area contributed by atoms with Gasteiger partial charge in [-0.3, -0.25) is 0 Å². The Bertz CT molecular complexity index is 225. The molecule has 1 fully saturated rings. The first-order valence-corrected chi connectivity index (χ1v) is 3.69. The predicted octanol–water partition coefficient (Wildman–Crippen LogP) is 0.768. The number of hydrogen-bond acceptors (Lipinski definition) is 2. The molecule has 0 bridgehead atoms. The van der Waals surface area contributed by atoms with Crippen LogP contribution < -0.4 is 0 Å². The zero-order valence-corrected chi connectivity index (χ0v) is 6.12. The molecule has 1 aromatic rings. The lowest BCUT2D eigenvalue weighted by Gasteiger charge is -1.95. The summed E-state index contributed by atoms with van der Waals surface area (Å²) in [4.78, 5) is 0. The molecule has 54 valence electrons. The molecule has 0 radical (unpaired) electrons. The SMILES string of the molecule is Cn1cnnc1CC1CC1. The van der Waals surface area contributed by atoms with Gasteiger partial charge in [0.05, 0.1) is 0 Å². The van der Waals surface area contributed by atoms with Gasteiger partial charge in [-0.1, -0.05) is 0 Å². The standard InChI is InChI=1S/C7H11N3/c1-10-5-8-9-7(10)4-6-2-3-6/h5-6H,2-4H2,1H3. The van der Waals surface area contributed by atoms with Crippen molar-refractivity contribution in [3.63, 3.8) is 0 Å². The number of hydrogen-bond donors (Lipinski definition) is 0. The number of aromatic nitrogens is 3. The van der Waals surface area contributed by atoms with Crippen molar-refractivity contribution in [3.05, 3.63) is 12.2 Å². The van der Waals surface area contributed by atoms with Crippen LogP contribution in [-0.2, 0) is 13.5 Å². The largest absolute Gasteiger partial charge is 0.321 e. The molecule has 0 spiro atoms. The average Bonchev–Trinajstić information content (AvgIpc) is 2.62. The van der Waals surface area contributed by atoms with Gasteiger partial charge in [0.1, 0.15) is 12.2 Å². The molecule has 0 unspecified atom stereocenters. The van der Waals surface area contributed by atoms with Crippen LogP contribution in [0.25, 0.3) is 0 Å². The summed E-state index contributed by atoms with van der Waals surface area (Å²) in [7, 11) is 2.00. The van der Waals surface area contributed by atoms with Crippen LogP contribution >= 0.6 is 0 Å². The summed E-state index contributed by atoms with van der Waals surface area (Å²) in [5.41, 5.74) is 0. The van der Waals surface area contributed by atoms with Crippen LogP contribution in [0, 0.1) is 5.92 Å². The van der Waals surface area contributed by atoms with Gasteiger partial charge in [0.15, 0.2) is 0 Å². The van der Waals surface area contributed by atoms with Gasteiger partial charge in [-0.2, -0.15) is 0 Å². The van der Waals surface area contributed by atoms with Crippen LogP contribution in [0.3, 0.4) is 0 Å². The molecule has 1 saturated carbocycles. The molecule has 1 aromatic heterocycles. The molecular formula is C7H11N3. The molecule has 3 heteroatoms. The van der Waals surface area contributed by atoms with E-state index in [9.17, 15) is 0 Å². The van der Waals surface area contributed by atoms with Crippen LogP contribution in [0.15, 0.2) is 6.33 Å². The van der Waals surface area contributed by atoms with Gasteiger partial charge < -0.3 is 4.57 Å². The lowest BCUT2D eigenvalue weighted by Crippen LogP contribution is -1.97. The first kappa shape index (κ1) is 5.89. The second-order valence-electron chi connectivity index (χ2n) is 3.01. The third-order valence-electron chi connectivity index (χ3n) is 1.97. The highest BCUT2D eigenvalue weighted by Crippen LogP contribution is 2.31. The Balaban J connectivity index is 2.08. The van der Waals surface area contributed by atoms with E-state index in [0.29, 0.717) is 0 Å². The van der Waals surface area contributed by atoms with E-state index in [4.69, 9.17) is 0 Å². The zero-order valence-electron chi connectivity index (χ0n) is 6.12. The topological polar surface area (TPSA) is 30.7 Å². The molecule has 2 rings (SSSR count). The Morgan fingerprint density at radius 1 is 1.70 bits per heavy atom. The molecule has 0 N–H and O–H groups in total. The van der Waals surface area contributed by atoms with Gasteiger partial charge in [0.2, 0.25) is 0 Å². The fourth-order valence-electron chi connectivity index (χ4n) is 1.07. The van der Waals surface area contributed by atoms with Crippen molar-refractivity contribution in [2.24, 2.45) is 13.0 Å². The van der Waals surface area contributed by atoms with Crippen LogP contribution in [0.2, 0.25) is 0 Å². The van der Waals surface area contributed by atoms with Crippen LogP contribution in [-0.4, -0.2) is 14.8 Å². The molecule has 0 aliphatic heterocycles. The minimum absolute atomic E-state index is 0.905. The van der Waals surface area contributed by atoms with Crippen molar-refractivity contribution < 1.29 is 0 Å². The minimum Gasteiger partial charge on any atom is -0.321 e. The molecule has 1 heterocycles. The van der Waals surface area contributed by atoms with E-state index in [0.717, 1.165) is 18.2 Å². The Morgan fingerprint density at radius 2 is 2.50 bits per heavy atom. The van der Waals surface area contributed by atoms with Crippen molar-refractivity contribution >= 4 is 0 Å². The molecular weight excluding hydrogens is 126 g/mol. The summed E-state index contributed by atoms with van der Waals surface area (Å²) in [5.74, 6) is 2.03.